The van der Waals surface area contributed by atoms with Gasteiger partial charge < -0.3 is 24.2 Å². The fourth-order valence-corrected chi connectivity index (χ4v) is 9.90. The number of rotatable bonds is 19. The Morgan fingerprint density at radius 3 is 1.31 bits per heavy atom. The minimum absolute atomic E-state index is 0.336. The third-order valence-corrected chi connectivity index (χ3v) is 12.1. The van der Waals surface area contributed by atoms with Gasteiger partial charge in [0, 0.05) is 7.26 Å². The van der Waals surface area contributed by atoms with Crippen LogP contribution in [0.15, 0.2) is 23.1 Å². The molecule has 0 aliphatic rings. The first kappa shape index (κ1) is 37.4. The lowest BCUT2D eigenvalue weighted by Gasteiger charge is -2.28. The first-order chi connectivity index (χ1) is 18.5. The molecular weight excluding hydrogens is 543 g/mol. The lowest BCUT2D eigenvalue weighted by Crippen LogP contribution is -2.14. The second kappa shape index (κ2) is 21.2. The summed E-state index contributed by atoms with van der Waals surface area (Å²) >= 11 is 0. The van der Waals surface area contributed by atoms with Crippen molar-refractivity contribution < 1.29 is 42.2 Å². The van der Waals surface area contributed by atoms with Gasteiger partial charge in [-0.3, -0.25) is 0 Å². The summed E-state index contributed by atoms with van der Waals surface area (Å²) in [7, 11) is -5.48. The van der Waals surface area contributed by atoms with Gasteiger partial charge in [0.1, 0.15) is 23.3 Å². The summed E-state index contributed by atoms with van der Waals surface area (Å²) < 4.78 is 42.4. The number of carbonyl (C=O) groups is 2. The van der Waals surface area contributed by atoms with Crippen molar-refractivity contribution in [2.24, 2.45) is 0 Å². The standard InChI is InChI=1S/C16H36P.C12H14O9S/c1-5-9-13-17(14-10-6-2,15-11-7-3)16-12-8-4;13-1-3-20-11(15)8-5-9(12(16)21-4-2-14)7-10(6-8)22(17,18)19/h5-16H2,1-4H3;5-7,13-14H,1-4H2,(H,17,18,19)/q+1;/p-1. The van der Waals surface area contributed by atoms with Crippen LogP contribution < -0.4 is 0 Å². The molecule has 1 aromatic rings. The first-order valence-electron chi connectivity index (χ1n) is 14.1. The van der Waals surface area contributed by atoms with Gasteiger partial charge in [-0.15, -0.1) is 0 Å². The van der Waals surface area contributed by atoms with Crippen LogP contribution in [0.4, 0.5) is 0 Å². The van der Waals surface area contributed by atoms with Gasteiger partial charge in [-0.1, -0.05) is 53.4 Å². The van der Waals surface area contributed by atoms with Gasteiger partial charge in [0.25, 0.3) is 0 Å². The summed E-state index contributed by atoms with van der Waals surface area (Å²) in [6.07, 6.45) is 17.9. The third kappa shape index (κ3) is 15.7. The Morgan fingerprint density at radius 2 is 1.05 bits per heavy atom. The minimum atomic E-state index is -4.92. The zero-order valence-corrected chi connectivity index (χ0v) is 25.9. The van der Waals surface area contributed by atoms with Crippen LogP contribution in [-0.2, 0) is 19.6 Å². The molecule has 11 heteroatoms. The maximum absolute atomic E-state index is 11.6. The highest BCUT2D eigenvalue weighted by Crippen LogP contribution is 2.61. The molecule has 2 N–H and O–H groups in total. The summed E-state index contributed by atoms with van der Waals surface area (Å²) in [6.45, 7) is 7.85. The van der Waals surface area contributed by atoms with Crippen LogP contribution in [0.1, 0.15) is 99.8 Å². The number of esters is 2. The van der Waals surface area contributed by atoms with Gasteiger partial charge in [-0.2, -0.15) is 0 Å². The number of aliphatic hydroxyl groups is 2. The maximum Gasteiger partial charge on any atom is 0.338 e. The van der Waals surface area contributed by atoms with E-state index in [1.54, 1.807) is 24.6 Å². The molecular formula is C28H49O9PS. The van der Waals surface area contributed by atoms with Crippen LogP contribution in [0.5, 0.6) is 0 Å². The predicted molar refractivity (Wildman–Crippen MR) is 155 cm³/mol. The van der Waals surface area contributed by atoms with Crippen molar-refractivity contribution in [2.75, 3.05) is 51.1 Å². The number of hydrogen-bond acceptors (Lipinski definition) is 9. The molecule has 0 heterocycles. The highest BCUT2D eigenvalue weighted by molar-refractivity contribution is 7.85. The van der Waals surface area contributed by atoms with Gasteiger partial charge in [-0.25, -0.2) is 18.0 Å². The fourth-order valence-electron chi connectivity index (χ4n) is 4.07. The average molecular weight is 593 g/mol. The number of carbonyl (C=O) groups excluding carboxylic acids is 2. The van der Waals surface area contributed by atoms with E-state index in [1.165, 1.54) is 51.4 Å². The van der Waals surface area contributed by atoms with Crippen molar-refractivity contribution in [1.29, 1.82) is 0 Å². The van der Waals surface area contributed by atoms with E-state index in [4.69, 9.17) is 10.2 Å². The summed E-state index contributed by atoms with van der Waals surface area (Å²) in [5.41, 5.74) is -0.720. The van der Waals surface area contributed by atoms with Crippen molar-refractivity contribution in [3.63, 3.8) is 0 Å². The van der Waals surface area contributed by atoms with Crippen LogP contribution in [0.3, 0.4) is 0 Å². The molecule has 0 aliphatic heterocycles. The molecule has 9 nitrogen and oxygen atoms in total. The van der Waals surface area contributed by atoms with Crippen LogP contribution in [0.25, 0.3) is 0 Å². The van der Waals surface area contributed by atoms with Crippen LogP contribution in [0, 0.1) is 0 Å². The van der Waals surface area contributed by atoms with Gasteiger partial charge in [0.15, 0.2) is 0 Å². The zero-order valence-electron chi connectivity index (χ0n) is 24.2. The predicted octanol–water partition coefficient (Wildman–Crippen LogP) is 5.09. The van der Waals surface area contributed by atoms with E-state index in [0.717, 1.165) is 18.2 Å². The SMILES string of the molecule is CCCC[P+](CCCC)(CCCC)CCCC.O=C(OCCO)c1cc(C(=O)OCCO)cc(S(=O)(=O)[O-])c1. The molecule has 0 saturated carbocycles. The van der Waals surface area contributed by atoms with Gasteiger partial charge in [0.2, 0.25) is 0 Å². The largest absolute Gasteiger partial charge is 0.744 e. The summed E-state index contributed by atoms with van der Waals surface area (Å²) in [5, 5.41) is 17.1. The minimum Gasteiger partial charge on any atom is -0.744 e. The highest BCUT2D eigenvalue weighted by atomic mass is 32.2. The molecule has 0 unspecified atom stereocenters. The highest BCUT2D eigenvalue weighted by Gasteiger charge is 2.34. The number of ether oxygens (including phenoxy) is 2. The Balaban J connectivity index is 0.000000768. The smallest absolute Gasteiger partial charge is 0.338 e. The molecule has 0 atom stereocenters. The summed E-state index contributed by atoms with van der Waals surface area (Å²) in [6, 6.07) is 2.49. The van der Waals surface area contributed by atoms with E-state index in [9.17, 15) is 22.6 Å². The van der Waals surface area contributed by atoms with Crippen LogP contribution in [0.2, 0.25) is 0 Å². The number of unbranched alkanes of at least 4 members (excludes halogenated alkanes) is 4. The molecule has 0 aromatic heterocycles. The molecule has 0 saturated heterocycles. The van der Waals surface area contributed by atoms with Crippen molar-refractivity contribution >= 4 is 29.3 Å². The second-order valence-electron chi connectivity index (χ2n) is 9.57. The Kier molecular flexibility index (Phi) is 20.3. The molecule has 0 bridgehead atoms. The van der Waals surface area contributed by atoms with Crippen LogP contribution >= 0.6 is 7.26 Å². The van der Waals surface area contributed by atoms with Gasteiger partial charge >= 0.3 is 11.9 Å². The molecule has 0 amide bonds. The third-order valence-electron chi connectivity index (χ3n) is 6.26. The lowest BCUT2D eigenvalue weighted by molar-refractivity contribution is 0.0429. The monoisotopic (exact) mass is 592 g/mol. The topological polar surface area (TPSA) is 150 Å². The van der Waals surface area contributed by atoms with E-state index in [-0.39, 0.29) is 24.3 Å². The molecule has 39 heavy (non-hydrogen) atoms. The maximum atomic E-state index is 11.6. The number of hydrogen-bond donors (Lipinski definition) is 2. The van der Waals surface area contributed by atoms with Crippen molar-refractivity contribution in [1.82, 2.24) is 0 Å². The quantitative estimate of drug-likeness (QED) is 0.127. The lowest BCUT2D eigenvalue weighted by atomic mass is 10.1. The van der Waals surface area contributed by atoms with Gasteiger partial charge in [-0.05, 0) is 43.9 Å². The fraction of sp³-hybridized carbons (Fsp3) is 0.714. The summed E-state index contributed by atoms with van der Waals surface area (Å²) in [5.74, 6) is -2.04. The van der Waals surface area contributed by atoms with E-state index >= 15 is 0 Å². The molecule has 0 fully saturated rings. The Hall–Kier alpha value is -1.58. The van der Waals surface area contributed by atoms with Crippen molar-refractivity contribution in [3.05, 3.63) is 29.3 Å². The van der Waals surface area contributed by atoms with E-state index < -0.39 is 47.4 Å². The zero-order chi connectivity index (χ0) is 29.7. The Bertz CT molecular complexity index is 859. The average Bonchev–Trinajstić information content (AvgIpc) is 2.93. The molecule has 226 valence electrons. The first-order valence-corrected chi connectivity index (χ1v) is 18.0. The van der Waals surface area contributed by atoms with E-state index in [0.29, 0.717) is 0 Å². The van der Waals surface area contributed by atoms with Crippen molar-refractivity contribution in [3.8, 4) is 0 Å². The normalized spacial score (nSPS) is 11.5. The Morgan fingerprint density at radius 1 is 0.718 bits per heavy atom. The molecule has 1 rings (SSSR count). The molecule has 0 radical (unpaired) electrons. The summed E-state index contributed by atoms with van der Waals surface area (Å²) in [4.78, 5) is 22.5. The second-order valence-corrected chi connectivity index (χ2v) is 15.4. The molecule has 1 aromatic carbocycles. The number of aliphatic hydroxyl groups excluding tert-OH is 2. The van der Waals surface area contributed by atoms with E-state index in [2.05, 4.69) is 37.2 Å². The van der Waals surface area contributed by atoms with Crippen LogP contribution in [-0.4, -0.2) is 86.2 Å². The Labute approximate surface area is 235 Å². The van der Waals surface area contributed by atoms with Gasteiger partial charge in [0.05, 0.1) is 53.9 Å². The van der Waals surface area contributed by atoms with E-state index in [1.807, 2.05) is 0 Å². The number of benzene rings is 1. The molecule has 0 spiro atoms. The van der Waals surface area contributed by atoms with Crippen molar-refractivity contribution in [2.45, 2.75) is 84.0 Å². The molecule has 0 aliphatic carbocycles.